The van der Waals surface area contributed by atoms with Crippen molar-refractivity contribution in [1.29, 1.82) is 0 Å². The first-order chi connectivity index (χ1) is 19.9. The number of aliphatic carboxylic acids is 1. The predicted molar refractivity (Wildman–Crippen MR) is 158 cm³/mol. The fourth-order valence-electron chi connectivity index (χ4n) is 4.69. The van der Waals surface area contributed by atoms with Gasteiger partial charge in [-0.2, -0.15) is 5.10 Å². The van der Waals surface area contributed by atoms with E-state index < -0.39 is 5.97 Å². The summed E-state index contributed by atoms with van der Waals surface area (Å²) in [5.74, 6) is 0.324. The largest absolute Gasteiger partial charge is 0.497 e. The van der Waals surface area contributed by atoms with Gasteiger partial charge in [-0.25, -0.2) is 0 Å². The standard InChI is InChI=1S/C33H31N3O5/c1-3-41-31-7-5-4-6-28(31)29-20-30(26-13-12-25-19-27(40-2)15-14-24(25)18-26)36(35-29)21-22-8-10-23(11-9-22)33(39)34-17-16-32(37)38/h4-15,18-20H,3,16-17,21H2,1-2H3,(H,34,39)(H,37,38). The molecule has 0 aliphatic rings. The van der Waals surface area contributed by atoms with Crippen molar-refractivity contribution in [1.82, 2.24) is 15.1 Å². The molecule has 0 fully saturated rings. The molecule has 5 rings (SSSR count). The van der Waals surface area contributed by atoms with Crippen molar-refractivity contribution >= 4 is 22.6 Å². The number of ether oxygens (including phenoxy) is 2. The number of nitrogens with zero attached hydrogens (tertiary/aromatic N) is 2. The molecule has 8 nitrogen and oxygen atoms in total. The minimum absolute atomic E-state index is 0.0805. The maximum atomic E-state index is 12.4. The van der Waals surface area contributed by atoms with Crippen molar-refractivity contribution in [2.75, 3.05) is 20.3 Å². The minimum atomic E-state index is -0.954. The minimum Gasteiger partial charge on any atom is -0.497 e. The molecular formula is C33H31N3O5. The Morgan fingerprint density at radius 1 is 0.927 bits per heavy atom. The van der Waals surface area contributed by atoms with Gasteiger partial charge in [0.05, 0.1) is 38.1 Å². The smallest absolute Gasteiger partial charge is 0.305 e. The molecule has 1 amide bonds. The van der Waals surface area contributed by atoms with Crippen LogP contribution in [0, 0.1) is 0 Å². The zero-order valence-electron chi connectivity index (χ0n) is 23.0. The zero-order chi connectivity index (χ0) is 28.8. The van der Waals surface area contributed by atoms with Gasteiger partial charge < -0.3 is 19.9 Å². The van der Waals surface area contributed by atoms with Crippen LogP contribution in [-0.4, -0.2) is 47.0 Å². The van der Waals surface area contributed by atoms with Crippen LogP contribution in [0.4, 0.5) is 0 Å². The van der Waals surface area contributed by atoms with Gasteiger partial charge >= 0.3 is 5.97 Å². The van der Waals surface area contributed by atoms with Gasteiger partial charge in [-0.05, 0) is 71.8 Å². The Bertz CT molecular complexity index is 1690. The second-order valence-electron chi connectivity index (χ2n) is 9.53. The monoisotopic (exact) mass is 549 g/mol. The third-order valence-electron chi connectivity index (χ3n) is 6.76. The van der Waals surface area contributed by atoms with Gasteiger partial charge in [0, 0.05) is 23.2 Å². The molecule has 208 valence electrons. The summed E-state index contributed by atoms with van der Waals surface area (Å²) in [6.07, 6.45) is -0.122. The van der Waals surface area contributed by atoms with E-state index in [1.165, 1.54) is 0 Å². The first-order valence-electron chi connectivity index (χ1n) is 13.4. The topological polar surface area (TPSA) is 103 Å². The Hall–Kier alpha value is -5.11. The highest BCUT2D eigenvalue weighted by atomic mass is 16.5. The molecule has 8 heteroatoms. The molecule has 0 spiro atoms. The molecular weight excluding hydrogens is 518 g/mol. The van der Waals surface area contributed by atoms with Gasteiger partial charge in [-0.3, -0.25) is 14.3 Å². The SMILES string of the molecule is CCOc1ccccc1-c1cc(-c2ccc3cc(OC)ccc3c2)n(Cc2ccc(C(=O)NCCC(=O)O)cc2)n1. The number of methoxy groups -OCH3 is 1. The Balaban J connectivity index is 1.49. The fraction of sp³-hybridized carbons (Fsp3) is 0.182. The van der Waals surface area contributed by atoms with Gasteiger partial charge in [0.15, 0.2) is 0 Å². The second-order valence-corrected chi connectivity index (χ2v) is 9.53. The molecule has 0 saturated heterocycles. The highest BCUT2D eigenvalue weighted by Crippen LogP contribution is 2.34. The summed E-state index contributed by atoms with van der Waals surface area (Å²) in [4.78, 5) is 23.1. The van der Waals surface area contributed by atoms with Crippen LogP contribution in [0.25, 0.3) is 33.3 Å². The molecule has 0 aliphatic heterocycles. The molecule has 41 heavy (non-hydrogen) atoms. The summed E-state index contributed by atoms with van der Waals surface area (Å²) in [6, 6.07) is 29.5. The normalized spacial score (nSPS) is 10.9. The van der Waals surface area contributed by atoms with E-state index in [0.717, 1.165) is 50.3 Å². The Labute approximate surface area is 238 Å². The molecule has 4 aromatic carbocycles. The number of para-hydroxylation sites is 1. The number of hydrogen-bond donors (Lipinski definition) is 2. The summed E-state index contributed by atoms with van der Waals surface area (Å²) < 4.78 is 13.2. The van der Waals surface area contributed by atoms with Gasteiger partial charge in [-0.1, -0.05) is 42.5 Å². The van der Waals surface area contributed by atoms with E-state index in [1.807, 2.05) is 66.2 Å². The summed E-state index contributed by atoms with van der Waals surface area (Å²) in [5, 5.41) is 18.6. The van der Waals surface area contributed by atoms with Crippen molar-refractivity contribution in [2.24, 2.45) is 0 Å². The highest BCUT2D eigenvalue weighted by molar-refractivity contribution is 5.94. The van der Waals surface area contributed by atoms with E-state index in [1.54, 1.807) is 19.2 Å². The van der Waals surface area contributed by atoms with Gasteiger partial charge in [-0.15, -0.1) is 0 Å². The first-order valence-corrected chi connectivity index (χ1v) is 13.4. The molecule has 0 atom stereocenters. The average Bonchev–Trinajstić information content (AvgIpc) is 3.40. The van der Waals surface area contributed by atoms with Gasteiger partial charge in [0.2, 0.25) is 0 Å². The van der Waals surface area contributed by atoms with Crippen molar-refractivity contribution in [3.8, 4) is 34.0 Å². The third kappa shape index (κ3) is 6.38. The lowest BCUT2D eigenvalue weighted by molar-refractivity contribution is -0.136. The molecule has 2 N–H and O–H groups in total. The van der Waals surface area contributed by atoms with Gasteiger partial charge in [0.25, 0.3) is 5.91 Å². The summed E-state index contributed by atoms with van der Waals surface area (Å²) in [6.45, 7) is 3.07. The van der Waals surface area contributed by atoms with Crippen LogP contribution < -0.4 is 14.8 Å². The Morgan fingerprint density at radius 2 is 1.68 bits per heavy atom. The van der Waals surface area contributed by atoms with Crippen molar-refractivity contribution in [3.05, 3.63) is 102 Å². The molecule has 0 radical (unpaired) electrons. The molecule has 0 unspecified atom stereocenters. The number of benzene rings is 4. The zero-order valence-corrected chi connectivity index (χ0v) is 23.0. The number of amides is 1. The number of carbonyl (C=O) groups excluding carboxylic acids is 1. The maximum Gasteiger partial charge on any atom is 0.305 e. The molecule has 0 bridgehead atoms. The lowest BCUT2D eigenvalue weighted by Crippen LogP contribution is -2.25. The van der Waals surface area contributed by atoms with Gasteiger partial charge in [0.1, 0.15) is 11.5 Å². The van der Waals surface area contributed by atoms with Crippen LogP contribution in [0.3, 0.4) is 0 Å². The van der Waals surface area contributed by atoms with Crippen LogP contribution in [-0.2, 0) is 11.3 Å². The molecule has 0 saturated carbocycles. The van der Waals surface area contributed by atoms with E-state index >= 15 is 0 Å². The maximum absolute atomic E-state index is 12.4. The van der Waals surface area contributed by atoms with Crippen LogP contribution in [0.2, 0.25) is 0 Å². The molecule has 1 heterocycles. The van der Waals surface area contributed by atoms with E-state index in [4.69, 9.17) is 19.7 Å². The van der Waals surface area contributed by atoms with Crippen LogP contribution in [0.5, 0.6) is 11.5 Å². The highest BCUT2D eigenvalue weighted by Gasteiger charge is 2.16. The van der Waals surface area contributed by atoms with E-state index in [0.29, 0.717) is 18.7 Å². The number of rotatable bonds is 11. The lowest BCUT2D eigenvalue weighted by Gasteiger charge is -2.10. The van der Waals surface area contributed by atoms with E-state index in [2.05, 4.69) is 29.6 Å². The summed E-state index contributed by atoms with van der Waals surface area (Å²) in [5.41, 5.74) is 5.11. The average molecular weight is 550 g/mol. The first kappa shape index (κ1) is 27.5. The quantitative estimate of drug-likeness (QED) is 0.209. The third-order valence-corrected chi connectivity index (χ3v) is 6.76. The number of carboxylic acid groups (broad SMARTS) is 1. The number of carbonyl (C=O) groups is 2. The second kappa shape index (κ2) is 12.4. The van der Waals surface area contributed by atoms with Crippen molar-refractivity contribution in [2.45, 2.75) is 19.9 Å². The Kier molecular flexibility index (Phi) is 8.29. The summed E-state index contributed by atoms with van der Waals surface area (Å²) >= 11 is 0. The van der Waals surface area contributed by atoms with E-state index in [-0.39, 0.29) is 18.9 Å². The van der Waals surface area contributed by atoms with Crippen LogP contribution >= 0.6 is 0 Å². The number of nitrogens with one attached hydrogen (secondary N) is 1. The fourth-order valence-corrected chi connectivity index (χ4v) is 4.69. The van der Waals surface area contributed by atoms with Crippen molar-refractivity contribution in [3.63, 3.8) is 0 Å². The number of hydrogen-bond acceptors (Lipinski definition) is 5. The number of carboxylic acids is 1. The molecule has 1 aromatic heterocycles. The predicted octanol–water partition coefficient (Wildman–Crippen LogP) is 6.03. The molecule has 0 aliphatic carbocycles. The molecule has 5 aromatic rings. The van der Waals surface area contributed by atoms with E-state index in [9.17, 15) is 9.59 Å². The number of aromatic nitrogens is 2. The van der Waals surface area contributed by atoms with Crippen LogP contribution in [0.15, 0.2) is 91.0 Å². The lowest BCUT2D eigenvalue weighted by atomic mass is 10.0. The Morgan fingerprint density at radius 3 is 2.44 bits per heavy atom. The van der Waals surface area contributed by atoms with Crippen LogP contribution in [0.1, 0.15) is 29.3 Å². The number of fused-ring (bicyclic) bond motifs is 1. The summed E-state index contributed by atoms with van der Waals surface area (Å²) in [7, 11) is 1.66. The van der Waals surface area contributed by atoms with Crippen molar-refractivity contribution < 1.29 is 24.2 Å².